The second-order valence-corrected chi connectivity index (χ2v) is 5.87. The first-order chi connectivity index (χ1) is 9.15. The molecule has 4 heteroatoms. The van der Waals surface area contributed by atoms with Crippen LogP contribution in [0.3, 0.4) is 0 Å². The van der Waals surface area contributed by atoms with Gasteiger partial charge in [-0.15, -0.1) is 0 Å². The molecule has 3 aromatic rings. The van der Waals surface area contributed by atoms with E-state index < -0.39 is 0 Å². The molecule has 2 N–H and O–H groups in total. The summed E-state index contributed by atoms with van der Waals surface area (Å²) in [6.45, 7) is 5.22. The van der Waals surface area contributed by atoms with Crippen LogP contribution in [0.1, 0.15) is 31.2 Å². The van der Waals surface area contributed by atoms with Crippen molar-refractivity contribution in [3.05, 3.63) is 46.4 Å². The third-order valence-corrected chi connectivity index (χ3v) is 3.97. The van der Waals surface area contributed by atoms with E-state index in [9.17, 15) is 0 Å². The lowest BCUT2D eigenvalue weighted by atomic mass is 10.2. The summed E-state index contributed by atoms with van der Waals surface area (Å²) in [5.74, 6) is 1.51. The van der Waals surface area contributed by atoms with E-state index >= 15 is 0 Å². The van der Waals surface area contributed by atoms with Gasteiger partial charge in [-0.3, -0.25) is 0 Å². The number of thiophene rings is 1. The Morgan fingerprint density at radius 1 is 1.32 bits per heavy atom. The van der Waals surface area contributed by atoms with Gasteiger partial charge in [0.1, 0.15) is 5.82 Å². The van der Waals surface area contributed by atoms with E-state index in [1.54, 1.807) is 11.3 Å². The van der Waals surface area contributed by atoms with Crippen molar-refractivity contribution in [2.24, 2.45) is 0 Å². The van der Waals surface area contributed by atoms with Crippen LogP contribution in [0.2, 0.25) is 0 Å². The predicted octanol–water partition coefficient (Wildman–Crippen LogP) is 3.85. The molecule has 0 amide bonds. The molecule has 98 valence electrons. The summed E-state index contributed by atoms with van der Waals surface area (Å²) in [7, 11) is 0. The molecule has 3 nitrogen and oxygen atoms in total. The highest BCUT2D eigenvalue weighted by molar-refractivity contribution is 7.07. The molecule has 2 aromatic heterocycles. The molecule has 0 unspecified atom stereocenters. The van der Waals surface area contributed by atoms with E-state index in [0.717, 1.165) is 29.1 Å². The molecule has 0 saturated heterocycles. The van der Waals surface area contributed by atoms with Crippen LogP contribution in [0.4, 0.5) is 5.69 Å². The molecule has 0 saturated carbocycles. The SMILES string of the molecule is CC(C)c1nc2cc(N)ccc2n1Cc1ccsc1. The minimum absolute atomic E-state index is 0.396. The summed E-state index contributed by atoms with van der Waals surface area (Å²) < 4.78 is 2.29. The fraction of sp³-hybridized carbons (Fsp3) is 0.267. The smallest absolute Gasteiger partial charge is 0.112 e. The second kappa shape index (κ2) is 4.70. The first-order valence-corrected chi connectivity index (χ1v) is 7.36. The molecule has 0 spiro atoms. The number of fused-ring (bicyclic) bond motifs is 1. The average Bonchev–Trinajstić information content (AvgIpc) is 2.97. The molecule has 2 heterocycles. The standard InChI is InChI=1S/C15H17N3S/c1-10(2)15-17-13-7-12(16)3-4-14(13)18(15)8-11-5-6-19-9-11/h3-7,9-10H,8,16H2,1-2H3. The summed E-state index contributed by atoms with van der Waals surface area (Å²) in [6, 6.07) is 8.12. The fourth-order valence-corrected chi connectivity index (χ4v) is 3.00. The van der Waals surface area contributed by atoms with Crippen LogP contribution in [0, 0.1) is 0 Å². The van der Waals surface area contributed by atoms with Crippen molar-refractivity contribution in [2.45, 2.75) is 26.3 Å². The van der Waals surface area contributed by atoms with Gasteiger partial charge in [0.2, 0.25) is 0 Å². The molecule has 0 aliphatic carbocycles. The summed E-state index contributed by atoms with van der Waals surface area (Å²) in [4.78, 5) is 4.74. The fourth-order valence-electron chi connectivity index (χ4n) is 2.34. The van der Waals surface area contributed by atoms with E-state index in [0.29, 0.717) is 5.92 Å². The largest absolute Gasteiger partial charge is 0.399 e. The summed E-state index contributed by atoms with van der Waals surface area (Å²) in [6.07, 6.45) is 0. The third kappa shape index (κ3) is 2.24. The molecule has 0 atom stereocenters. The summed E-state index contributed by atoms with van der Waals surface area (Å²) >= 11 is 1.73. The molecular formula is C15H17N3S. The third-order valence-electron chi connectivity index (χ3n) is 3.24. The van der Waals surface area contributed by atoms with Crippen LogP contribution in [0.25, 0.3) is 11.0 Å². The van der Waals surface area contributed by atoms with Gasteiger partial charge >= 0.3 is 0 Å². The number of imidazole rings is 1. The first-order valence-electron chi connectivity index (χ1n) is 6.42. The van der Waals surface area contributed by atoms with Crippen molar-refractivity contribution in [1.29, 1.82) is 0 Å². The number of nitrogens with two attached hydrogens (primary N) is 1. The molecule has 19 heavy (non-hydrogen) atoms. The Balaban J connectivity index is 2.16. The lowest BCUT2D eigenvalue weighted by molar-refractivity contribution is 0.684. The normalized spacial score (nSPS) is 11.5. The van der Waals surface area contributed by atoms with Crippen molar-refractivity contribution < 1.29 is 0 Å². The summed E-state index contributed by atoms with van der Waals surface area (Å²) in [5, 5.41) is 4.30. The number of nitrogens with zero attached hydrogens (tertiary/aromatic N) is 2. The number of hydrogen-bond donors (Lipinski definition) is 1. The molecule has 3 rings (SSSR count). The maximum Gasteiger partial charge on any atom is 0.112 e. The number of hydrogen-bond acceptors (Lipinski definition) is 3. The van der Waals surface area contributed by atoms with Gasteiger partial charge < -0.3 is 10.3 Å². The van der Waals surface area contributed by atoms with Crippen LogP contribution in [-0.4, -0.2) is 9.55 Å². The van der Waals surface area contributed by atoms with Crippen molar-refractivity contribution in [3.63, 3.8) is 0 Å². The van der Waals surface area contributed by atoms with Crippen LogP contribution in [0.15, 0.2) is 35.0 Å². The molecule has 0 fully saturated rings. The summed E-state index contributed by atoms with van der Waals surface area (Å²) in [5.41, 5.74) is 10.1. The minimum atomic E-state index is 0.396. The lowest BCUT2D eigenvalue weighted by Crippen LogP contribution is -2.06. The highest BCUT2D eigenvalue weighted by Gasteiger charge is 2.14. The van der Waals surface area contributed by atoms with Crippen LogP contribution < -0.4 is 5.73 Å². The van der Waals surface area contributed by atoms with E-state index in [-0.39, 0.29) is 0 Å². The predicted molar refractivity (Wildman–Crippen MR) is 81.7 cm³/mol. The Morgan fingerprint density at radius 3 is 2.84 bits per heavy atom. The molecule has 0 aliphatic heterocycles. The number of nitrogen functional groups attached to an aromatic ring is 1. The van der Waals surface area contributed by atoms with E-state index in [1.165, 1.54) is 5.56 Å². The van der Waals surface area contributed by atoms with Crippen molar-refractivity contribution in [1.82, 2.24) is 9.55 Å². The van der Waals surface area contributed by atoms with Crippen molar-refractivity contribution in [2.75, 3.05) is 5.73 Å². The topological polar surface area (TPSA) is 43.8 Å². The Bertz CT molecular complexity index is 696. The number of rotatable bonds is 3. The van der Waals surface area contributed by atoms with Crippen molar-refractivity contribution in [3.8, 4) is 0 Å². The number of benzene rings is 1. The Kier molecular flexibility index (Phi) is 3.03. The average molecular weight is 271 g/mol. The quantitative estimate of drug-likeness (QED) is 0.735. The van der Waals surface area contributed by atoms with Gasteiger partial charge in [-0.2, -0.15) is 11.3 Å². The monoisotopic (exact) mass is 271 g/mol. The minimum Gasteiger partial charge on any atom is -0.399 e. The molecule has 0 bridgehead atoms. The Hall–Kier alpha value is -1.81. The van der Waals surface area contributed by atoms with Gasteiger partial charge in [-0.05, 0) is 40.6 Å². The van der Waals surface area contributed by atoms with Gasteiger partial charge in [0.25, 0.3) is 0 Å². The maximum absolute atomic E-state index is 5.85. The maximum atomic E-state index is 5.85. The van der Waals surface area contributed by atoms with E-state index in [2.05, 4.69) is 41.3 Å². The molecule has 1 aromatic carbocycles. The zero-order valence-electron chi connectivity index (χ0n) is 11.1. The lowest BCUT2D eigenvalue weighted by Gasteiger charge is -2.10. The molecule has 0 radical (unpaired) electrons. The van der Waals surface area contributed by atoms with Gasteiger partial charge in [-0.1, -0.05) is 13.8 Å². The Morgan fingerprint density at radius 2 is 2.16 bits per heavy atom. The van der Waals surface area contributed by atoms with E-state index in [4.69, 9.17) is 10.7 Å². The zero-order chi connectivity index (χ0) is 13.4. The first kappa shape index (κ1) is 12.2. The van der Waals surface area contributed by atoms with Crippen LogP contribution in [-0.2, 0) is 6.54 Å². The second-order valence-electron chi connectivity index (χ2n) is 5.09. The van der Waals surface area contributed by atoms with Gasteiger partial charge in [0.05, 0.1) is 17.6 Å². The van der Waals surface area contributed by atoms with Gasteiger partial charge in [0.15, 0.2) is 0 Å². The highest BCUT2D eigenvalue weighted by atomic mass is 32.1. The molecular weight excluding hydrogens is 254 g/mol. The van der Waals surface area contributed by atoms with Gasteiger partial charge in [0, 0.05) is 11.6 Å². The Labute approximate surface area is 116 Å². The number of anilines is 1. The highest BCUT2D eigenvalue weighted by Crippen LogP contribution is 2.25. The van der Waals surface area contributed by atoms with Crippen LogP contribution >= 0.6 is 11.3 Å². The van der Waals surface area contributed by atoms with Gasteiger partial charge in [-0.25, -0.2) is 4.98 Å². The van der Waals surface area contributed by atoms with E-state index in [1.807, 2.05) is 12.1 Å². The zero-order valence-corrected chi connectivity index (χ0v) is 11.9. The van der Waals surface area contributed by atoms with Crippen LogP contribution in [0.5, 0.6) is 0 Å². The molecule has 0 aliphatic rings. The number of aromatic nitrogens is 2. The van der Waals surface area contributed by atoms with Crippen molar-refractivity contribution >= 4 is 28.1 Å².